The van der Waals surface area contributed by atoms with Crippen molar-refractivity contribution in [2.45, 2.75) is 0 Å². The SMILES string of the molecule is O=C(C#CCl)Nc1ccc(Cl)cc1. The third-order valence-electron chi connectivity index (χ3n) is 1.26. The van der Waals surface area contributed by atoms with Gasteiger partial charge in [0.25, 0.3) is 0 Å². The highest BCUT2D eigenvalue weighted by molar-refractivity contribution is 6.32. The molecule has 2 nitrogen and oxygen atoms in total. The summed E-state index contributed by atoms with van der Waals surface area (Å²) in [6, 6.07) is 6.70. The molecule has 1 N–H and O–H groups in total. The highest BCUT2D eigenvalue weighted by Crippen LogP contribution is 2.12. The quantitative estimate of drug-likeness (QED) is 0.714. The van der Waals surface area contributed by atoms with E-state index in [4.69, 9.17) is 23.2 Å². The van der Waals surface area contributed by atoms with Gasteiger partial charge in [-0.25, -0.2) is 0 Å². The van der Waals surface area contributed by atoms with Crippen LogP contribution in [0.5, 0.6) is 0 Å². The molecule has 0 aliphatic carbocycles. The fourth-order valence-corrected chi connectivity index (χ4v) is 0.950. The van der Waals surface area contributed by atoms with Crippen LogP contribution in [-0.2, 0) is 4.79 Å². The van der Waals surface area contributed by atoms with Crippen LogP contribution in [0.4, 0.5) is 5.69 Å². The van der Waals surface area contributed by atoms with Crippen LogP contribution >= 0.6 is 23.2 Å². The van der Waals surface area contributed by atoms with Gasteiger partial charge in [-0.15, -0.1) is 0 Å². The number of rotatable bonds is 1. The molecule has 66 valence electrons. The average molecular weight is 214 g/mol. The molecule has 1 aromatic rings. The van der Waals surface area contributed by atoms with Crippen LogP contribution in [0.1, 0.15) is 0 Å². The fraction of sp³-hybridized carbons (Fsp3) is 0. The van der Waals surface area contributed by atoms with Crippen molar-refractivity contribution < 1.29 is 4.79 Å². The van der Waals surface area contributed by atoms with Gasteiger partial charge in [0.2, 0.25) is 0 Å². The first kappa shape index (κ1) is 9.91. The molecule has 0 aliphatic rings. The lowest BCUT2D eigenvalue weighted by Crippen LogP contribution is -2.07. The third-order valence-corrected chi connectivity index (χ3v) is 1.61. The Morgan fingerprint density at radius 3 is 2.46 bits per heavy atom. The maximum atomic E-state index is 10.9. The first-order valence-corrected chi connectivity index (χ1v) is 4.16. The normalized spacial score (nSPS) is 8.46. The Balaban J connectivity index is 2.68. The van der Waals surface area contributed by atoms with Crippen LogP contribution in [-0.4, -0.2) is 5.91 Å². The number of nitrogens with one attached hydrogen (secondary N) is 1. The first-order chi connectivity index (χ1) is 6.22. The monoisotopic (exact) mass is 213 g/mol. The van der Waals surface area contributed by atoms with E-state index in [9.17, 15) is 4.79 Å². The molecule has 1 aromatic carbocycles. The Kier molecular flexibility index (Phi) is 3.63. The van der Waals surface area contributed by atoms with Crippen molar-refractivity contribution in [3.8, 4) is 11.3 Å². The Morgan fingerprint density at radius 2 is 1.92 bits per heavy atom. The molecule has 0 spiro atoms. The molecular weight excluding hydrogens is 209 g/mol. The van der Waals surface area contributed by atoms with E-state index in [0.29, 0.717) is 10.7 Å². The summed E-state index contributed by atoms with van der Waals surface area (Å²) < 4.78 is 0. The zero-order chi connectivity index (χ0) is 9.68. The summed E-state index contributed by atoms with van der Waals surface area (Å²) in [6.45, 7) is 0. The van der Waals surface area contributed by atoms with Crippen LogP contribution < -0.4 is 5.32 Å². The molecule has 0 saturated heterocycles. The molecular formula is C9H5Cl2NO. The number of amides is 1. The average Bonchev–Trinajstić information content (AvgIpc) is 2.09. The molecule has 0 radical (unpaired) electrons. The summed E-state index contributed by atoms with van der Waals surface area (Å²) in [5.74, 6) is 1.69. The number of hydrogen-bond donors (Lipinski definition) is 1. The van der Waals surface area contributed by atoms with E-state index in [1.165, 1.54) is 0 Å². The number of carbonyl (C=O) groups is 1. The van der Waals surface area contributed by atoms with Crippen molar-refractivity contribution in [3.63, 3.8) is 0 Å². The maximum Gasteiger partial charge on any atom is 0.301 e. The van der Waals surface area contributed by atoms with Crippen LogP contribution in [0, 0.1) is 11.3 Å². The molecule has 1 amide bonds. The van der Waals surface area contributed by atoms with Gasteiger partial charge < -0.3 is 5.32 Å². The smallest absolute Gasteiger partial charge is 0.301 e. The zero-order valence-corrected chi connectivity index (χ0v) is 7.99. The molecule has 4 heteroatoms. The Bertz CT molecular complexity index is 361. The lowest BCUT2D eigenvalue weighted by atomic mass is 10.3. The lowest BCUT2D eigenvalue weighted by molar-refractivity contribution is -0.111. The third kappa shape index (κ3) is 3.37. The predicted molar refractivity (Wildman–Crippen MR) is 53.7 cm³/mol. The van der Waals surface area contributed by atoms with Crippen molar-refractivity contribution in [3.05, 3.63) is 29.3 Å². The first-order valence-electron chi connectivity index (χ1n) is 3.40. The molecule has 0 heterocycles. The van der Waals surface area contributed by atoms with E-state index < -0.39 is 5.91 Å². The molecule has 13 heavy (non-hydrogen) atoms. The van der Waals surface area contributed by atoms with Gasteiger partial charge in [-0.2, -0.15) is 0 Å². The van der Waals surface area contributed by atoms with E-state index in [1.807, 2.05) is 5.38 Å². The molecule has 0 unspecified atom stereocenters. The van der Waals surface area contributed by atoms with Gasteiger partial charge in [-0.05, 0) is 35.9 Å². The van der Waals surface area contributed by atoms with Crippen molar-refractivity contribution in [1.82, 2.24) is 0 Å². The number of halogens is 2. The van der Waals surface area contributed by atoms with Crippen molar-refractivity contribution in [1.29, 1.82) is 0 Å². The van der Waals surface area contributed by atoms with Gasteiger partial charge in [-0.1, -0.05) is 11.6 Å². The minimum atomic E-state index is -0.447. The largest absolute Gasteiger partial charge is 0.315 e. The Morgan fingerprint density at radius 1 is 1.31 bits per heavy atom. The van der Waals surface area contributed by atoms with Crippen LogP contribution in [0.15, 0.2) is 24.3 Å². The molecule has 0 bridgehead atoms. The molecule has 0 aromatic heterocycles. The second kappa shape index (κ2) is 4.76. The van der Waals surface area contributed by atoms with Gasteiger partial charge in [0.15, 0.2) is 0 Å². The minimum Gasteiger partial charge on any atom is -0.315 e. The van der Waals surface area contributed by atoms with Crippen molar-refractivity contribution in [2.75, 3.05) is 5.32 Å². The summed E-state index contributed by atoms with van der Waals surface area (Å²) in [7, 11) is 0. The summed E-state index contributed by atoms with van der Waals surface area (Å²) >= 11 is 10.7. The minimum absolute atomic E-state index is 0.447. The standard InChI is InChI=1S/C9H5Cl2NO/c10-6-5-9(13)12-8-3-1-7(11)2-4-8/h1-4H,(H,12,13). The number of carbonyl (C=O) groups excluding carboxylic acids is 1. The van der Waals surface area contributed by atoms with E-state index >= 15 is 0 Å². The number of hydrogen-bond acceptors (Lipinski definition) is 1. The molecule has 0 fully saturated rings. The summed E-state index contributed by atoms with van der Waals surface area (Å²) in [4.78, 5) is 10.9. The summed E-state index contributed by atoms with van der Waals surface area (Å²) in [5.41, 5.74) is 0.633. The Hall–Kier alpha value is -1.17. The lowest BCUT2D eigenvalue weighted by Gasteiger charge is -1.99. The highest BCUT2D eigenvalue weighted by Gasteiger charge is 1.96. The zero-order valence-electron chi connectivity index (χ0n) is 6.47. The Labute approximate surface area is 85.8 Å². The van der Waals surface area contributed by atoms with Gasteiger partial charge >= 0.3 is 5.91 Å². The summed E-state index contributed by atoms with van der Waals surface area (Å²) in [5, 5.41) is 5.11. The molecule has 0 aliphatic heterocycles. The molecule has 0 saturated carbocycles. The van der Waals surface area contributed by atoms with Crippen molar-refractivity contribution in [2.24, 2.45) is 0 Å². The van der Waals surface area contributed by atoms with Crippen LogP contribution in [0.3, 0.4) is 0 Å². The topological polar surface area (TPSA) is 29.1 Å². The second-order valence-corrected chi connectivity index (χ2v) is 2.81. The van der Waals surface area contributed by atoms with Crippen LogP contribution in [0.25, 0.3) is 0 Å². The number of anilines is 1. The van der Waals surface area contributed by atoms with E-state index in [2.05, 4.69) is 11.2 Å². The fourth-order valence-electron chi connectivity index (χ4n) is 0.738. The van der Waals surface area contributed by atoms with E-state index in [1.54, 1.807) is 24.3 Å². The predicted octanol–water partition coefficient (Wildman–Crippen LogP) is 2.48. The van der Waals surface area contributed by atoms with E-state index in [0.717, 1.165) is 0 Å². The summed E-state index contributed by atoms with van der Waals surface area (Å²) in [6.07, 6.45) is 0. The van der Waals surface area contributed by atoms with E-state index in [-0.39, 0.29) is 0 Å². The van der Waals surface area contributed by atoms with Gasteiger partial charge in [-0.3, -0.25) is 4.79 Å². The van der Waals surface area contributed by atoms with Gasteiger partial charge in [0.1, 0.15) is 0 Å². The van der Waals surface area contributed by atoms with Crippen molar-refractivity contribution >= 4 is 34.8 Å². The molecule has 0 atom stereocenters. The molecule has 1 rings (SSSR count). The second-order valence-electron chi connectivity index (χ2n) is 2.18. The van der Waals surface area contributed by atoms with Gasteiger partial charge in [0.05, 0.1) is 0 Å². The number of benzene rings is 1. The van der Waals surface area contributed by atoms with Crippen LogP contribution in [0.2, 0.25) is 5.02 Å². The highest BCUT2D eigenvalue weighted by atomic mass is 35.5. The van der Waals surface area contributed by atoms with Gasteiger partial charge in [0, 0.05) is 22.0 Å². The maximum absolute atomic E-state index is 10.9.